The Balaban J connectivity index is 2.47. The van der Waals surface area contributed by atoms with Gasteiger partial charge in [-0.05, 0) is 82.4 Å². The van der Waals surface area contributed by atoms with Crippen LogP contribution in [0, 0.1) is 13.8 Å². The van der Waals surface area contributed by atoms with E-state index in [1.54, 1.807) is 6.08 Å². The summed E-state index contributed by atoms with van der Waals surface area (Å²) < 4.78 is 40.3. The minimum absolute atomic E-state index is 0.0213. The SMILES string of the molecule is CCCCC/C=C\C/C=C\C/C=C\C=C\C(=O)CCCC(=O)O[C@H](COC(=O)CCCCCCCCc1oc(CCCCC)c(C)c1C)COP(=O)(O)OCC[N+](C)(C)C. The monoisotopic (exact) mass is 863 g/mol. The van der Waals surface area contributed by atoms with E-state index in [0.29, 0.717) is 17.4 Å². The summed E-state index contributed by atoms with van der Waals surface area (Å²) in [6.45, 7) is 8.33. The van der Waals surface area contributed by atoms with Gasteiger partial charge in [0, 0.05) is 32.1 Å². The van der Waals surface area contributed by atoms with Crippen LogP contribution in [0.5, 0.6) is 0 Å². The molecule has 342 valence electrons. The van der Waals surface area contributed by atoms with E-state index in [-0.39, 0.29) is 44.7 Å². The second-order valence-corrected chi connectivity index (χ2v) is 18.2. The highest BCUT2D eigenvalue weighted by molar-refractivity contribution is 7.47. The molecule has 0 aliphatic carbocycles. The molecule has 60 heavy (non-hydrogen) atoms. The molecule has 0 radical (unpaired) electrons. The summed E-state index contributed by atoms with van der Waals surface area (Å²) in [6.07, 6.45) is 32.9. The molecule has 0 saturated heterocycles. The first-order chi connectivity index (χ1) is 28.7. The topological polar surface area (TPSA) is 139 Å². The fraction of sp³-hybridized carbons (Fsp3) is 0.688. The van der Waals surface area contributed by atoms with Crippen molar-refractivity contribution in [3.8, 4) is 0 Å². The summed E-state index contributed by atoms with van der Waals surface area (Å²) in [6, 6.07) is 0. The Labute approximate surface area is 363 Å². The van der Waals surface area contributed by atoms with Gasteiger partial charge in [-0.1, -0.05) is 108 Å². The maximum absolute atomic E-state index is 12.7. The number of phosphoric ester groups is 1. The average molecular weight is 863 g/mol. The summed E-state index contributed by atoms with van der Waals surface area (Å²) in [5.41, 5.74) is 2.58. The molecule has 1 N–H and O–H groups in total. The number of unbranched alkanes of at least 4 members (excludes halogenated alkanes) is 10. The van der Waals surface area contributed by atoms with Crippen LogP contribution in [0.4, 0.5) is 0 Å². The zero-order valence-corrected chi connectivity index (χ0v) is 39.3. The number of furan rings is 1. The highest BCUT2D eigenvalue weighted by Crippen LogP contribution is 2.43. The molecular formula is C48H81NO10P+. The third kappa shape index (κ3) is 30.0. The Morgan fingerprint density at radius 3 is 1.93 bits per heavy atom. The van der Waals surface area contributed by atoms with Gasteiger partial charge in [0.25, 0.3) is 0 Å². The standard InChI is InChI=1S/C48H80NO10P/c1-8-10-12-13-14-15-16-17-18-19-20-23-27-31-43(50)32-30-36-48(52)58-44(40-57-60(53,54)56-38-37-49(5,6)7)39-55-47(51)35-29-25-22-21-24-28-34-46-42(4)41(3)45(59-46)33-26-11-9-2/h14-15,17-18,20,23,27,31,44H,8-13,16,19,21-22,24-26,28-30,32-40H2,1-7H3/p+1/b15-14-,18-17-,23-20-,31-27+/t44-/m1/s1. The number of aryl methyl sites for hydroxylation is 2. The fourth-order valence-corrected chi connectivity index (χ4v) is 6.89. The van der Waals surface area contributed by atoms with Crippen molar-refractivity contribution in [2.75, 3.05) is 47.5 Å². The van der Waals surface area contributed by atoms with Crippen molar-refractivity contribution in [2.45, 2.75) is 169 Å². The van der Waals surface area contributed by atoms with E-state index in [9.17, 15) is 23.8 Å². The van der Waals surface area contributed by atoms with Gasteiger partial charge in [0.15, 0.2) is 11.9 Å². The number of esters is 2. The highest BCUT2D eigenvalue weighted by atomic mass is 31.2. The quantitative estimate of drug-likeness (QED) is 0.0131. The van der Waals surface area contributed by atoms with Crippen LogP contribution in [0.25, 0.3) is 0 Å². The average Bonchev–Trinajstić information content (AvgIpc) is 3.45. The Morgan fingerprint density at radius 2 is 1.27 bits per heavy atom. The van der Waals surface area contributed by atoms with Crippen LogP contribution in [0.1, 0.15) is 158 Å². The Hall–Kier alpha value is -3.08. The van der Waals surface area contributed by atoms with Crippen LogP contribution in [0.15, 0.2) is 53.0 Å². The minimum atomic E-state index is -4.46. The first-order valence-electron chi connectivity index (χ1n) is 22.7. The first-order valence-corrected chi connectivity index (χ1v) is 24.2. The van der Waals surface area contributed by atoms with Gasteiger partial charge in [-0.25, -0.2) is 4.57 Å². The number of phosphoric acid groups is 1. The van der Waals surface area contributed by atoms with Gasteiger partial charge in [-0.15, -0.1) is 0 Å². The number of hydrogen-bond acceptors (Lipinski definition) is 9. The maximum atomic E-state index is 12.7. The van der Waals surface area contributed by atoms with Crippen molar-refractivity contribution in [3.05, 3.63) is 71.3 Å². The van der Waals surface area contributed by atoms with Gasteiger partial charge in [0.05, 0.1) is 27.7 Å². The Morgan fingerprint density at radius 1 is 0.683 bits per heavy atom. The van der Waals surface area contributed by atoms with E-state index >= 15 is 0 Å². The number of carbonyl (C=O) groups excluding carboxylic acids is 3. The number of quaternary nitrogens is 1. The van der Waals surface area contributed by atoms with Crippen LogP contribution in [-0.2, 0) is 50.3 Å². The molecule has 12 heteroatoms. The number of ketones is 1. The molecule has 11 nitrogen and oxygen atoms in total. The summed E-state index contributed by atoms with van der Waals surface area (Å²) in [7, 11) is 1.30. The zero-order chi connectivity index (χ0) is 44.5. The van der Waals surface area contributed by atoms with Gasteiger partial charge in [-0.3, -0.25) is 23.4 Å². The molecule has 1 aromatic heterocycles. The van der Waals surface area contributed by atoms with Gasteiger partial charge in [-0.2, -0.15) is 0 Å². The molecule has 1 unspecified atom stereocenters. The van der Waals surface area contributed by atoms with Crippen molar-refractivity contribution in [1.82, 2.24) is 0 Å². The summed E-state index contributed by atoms with van der Waals surface area (Å²) in [5.74, 6) is 1.04. The summed E-state index contributed by atoms with van der Waals surface area (Å²) >= 11 is 0. The second kappa shape index (κ2) is 33.5. The zero-order valence-electron chi connectivity index (χ0n) is 38.4. The number of hydrogen-bond donors (Lipinski definition) is 1. The lowest BCUT2D eigenvalue weighted by atomic mass is 10.0. The largest absolute Gasteiger partial charge is 0.472 e. The predicted molar refractivity (Wildman–Crippen MR) is 242 cm³/mol. The lowest BCUT2D eigenvalue weighted by Gasteiger charge is -2.24. The number of carbonyl (C=O) groups is 3. The molecule has 0 fully saturated rings. The lowest BCUT2D eigenvalue weighted by molar-refractivity contribution is -0.870. The van der Waals surface area contributed by atoms with Crippen LogP contribution >= 0.6 is 7.82 Å². The van der Waals surface area contributed by atoms with Gasteiger partial charge >= 0.3 is 19.8 Å². The Kier molecular flexibility index (Phi) is 30.7. The number of likely N-dealkylation sites (N-methyl/N-ethyl adjacent to an activating group) is 1. The summed E-state index contributed by atoms with van der Waals surface area (Å²) in [5, 5.41) is 0. The van der Waals surface area contributed by atoms with Crippen molar-refractivity contribution < 1.29 is 51.3 Å². The van der Waals surface area contributed by atoms with Crippen LogP contribution < -0.4 is 0 Å². The van der Waals surface area contributed by atoms with E-state index in [0.717, 1.165) is 82.1 Å². The number of allylic oxidation sites excluding steroid dienone is 8. The lowest BCUT2D eigenvalue weighted by Crippen LogP contribution is -2.37. The predicted octanol–water partition coefficient (Wildman–Crippen LogP) is 11.5. The molecule has 1 aromatic rings. The van der Waals surface area contributed by atoms with E-state index in [1.807, 2.05) is 33.3 Å². The van der Waals surface area contributed by atoms with E-state index < -0.39 is 32.5 Å². The van der Waals surface area contributed by atoms with E-state index in [4.69, 9.17) is 22.9 Å². The molecule has 1 rings (SSSR count). The fourth-order valence-electron chi connectivity index (χ4n) is 6.14. The molecule has 0 spiro atoms. The number of rotatable bonds is 37. The molecule has 0 aromatic carbocycles. The van der Waals surface area contributed by atoms with E-state index in [2.05, 4.69) is 52.0 Å². The number of ether oxygens (including phenoxy) is 2. The van der Waals surface area contributed by atoms with E-state index in [1.165, 1.54) is 49.3 Å². The minimum Gasteiger partial charge on any atom is -0.466 e. The van der Waals surface area contributed by atoms with Crippen molar-refractivity contribution in [2.24, 2.45) is 0 Å². The third-order valence-corrected chi connectivity index (χ3v) is 11.0. The smallest absolute Gasteiger partial charge is 0.466 e. The molecule has 0 aliphatic rings. The highest BCUT2D eigenvalue weighted by Gasteiger charge is 2.27. The van der Waals surface area contributed by atoms with Crippen LogP contribution in [0.2, 0.25) is 0 Å². The molecule has 0 saturated carbocycles. The maximum Gasteiger partial charge on any atom is 0.472 e. The molecule has 0 aliphatic heterocycles. The number of nitrogens with zero attached hydrogens (tertiary/aromatic N) is 1. The molecular weight excluding hydrogens is 781 g/mol. The van der Waals surface area contributed by atoms with Gasteiger partial charge in [0.1, 0.15) is 31.3 Å². The second-order valence-electron chi connectivity index (χ2n) is 16.7. The van der Waals surface area contributed by atoms with Gasteiger partial charge < -0.3 is 23.3 Å². The molecule has 0 bridgehead atoms. The molecule has 2 atom stereocenters. The first kappa shape index (κ1) is 54.9. The molecule has 1 heterocycles. The van der Waals surface area contributed by atoms with Crippen LogP contribution in [0.3, 0.4) is 0 Å². The van der Waals surface area contributed by atoms with Gasteiger partial charge in [0.2, 0.25) is 0 Å². The molecule has 0 amide bonds. The van der Waals surface area contributed by atoms with Crippen molar-refractivity contribution >= 4 is 25.5 Å². The normalized spacial score (nSPS) is 13.9. The van der Waals surface area contributed by atoms with Crippen molar-refractivity contribution in [1.29, 1.82) is 0 Å². The van der Waals surface area contributed by atoms with Crippen LogP contribution in [-0.4, -0.2) is 80.7 Å². The third-order valence-electron chi connectivity index (χ3n) is 10.0. The summed E-state index contributed by atoms with van der Waals surface area (Å²) in [4.78, 5) is 47.8. The van der Waals surface area contributed by atoms with Crippen molar-refractivity contribution in [3.63, 3.8) is 0 Å². The Bertz CT molecular complexity index is 1500.